The fraction of sp³-hybridized carbons (Fsp3) is 0.158. The van der Waals surface area contributed by atoms with E-state index < -0.39 is 0 Å². The van der Waals surface area contributed by atoms with E-state index in [1.54, 1.807) is 6.20 Å². The fourth-order valence-electron chi connectivity index (χ4n) is 2.43. The van der Waals surface area contributed by atoms with Crippen LogP contribution in [0.15, 0.2) is 59.9 Å². The zero-order chi connectivity index (χ0) is 18.5. The highest BCUT2D eigenvalue weighted by atomic mass is 35.5. The number of benzene rings is 2. The molecule has 4 nitrogen and oxygen atoms in total. The minimum atomic E-state index is -0.0639. The van der Waals surface area contributed by atoms with Gasteiger partial charge in [0.25, 0.3) is 0 Å². The van der Waals surface area contributed by atoms with Gasteiger partial charge in [-0.3, -0.25) is 4.79 Å². The Morgan fingerprint density at radius 1 is 1.15 bits per heavy atom. The lowest BCUT2D eigenvalue weighted by atomic mass is 10.2. The molecule has 1 N–H and O–H groups in total. The Hall–Kier alpha value is -1.95. The number of carbonyl (C=O) groups excluding carboxylic acids is 1. The predicted octanol–water partition coefficient (Wildman–Crippen LogP) is 4.80. The van der Waals surface area contributed by atoms with Gasteiger partial charge in [-0.15, -0.1) is 0 Å². The van der Waals surface area contributed by atoms with Gasteiger partial charge in [0.05, 0.1) is 17.6 Å². The summed E-state index contributed by atoms with van der Waals surface area (Å²) in [5, 5.41) is 5.00. The molecule has 1 heterocycles. The van der Waals surface area contributed by atoms with Gasteiger partial charge in [-0.1, -0.05) is 65.3 Å². The van der Waals surface area contributed by atoms with Gasteiger partial charge in [0.2, 0.25) is 5.91 Å². The van der Waals surface area contributed by atoms with Crippen molar-refractivity contribution < 1.29 is 4.79 Å². The molecule has 0 bridgehead atoms. The third-order valence-electron chi connectivity index (χ3n) is 3.85. The maximum absolute atomic E-state index is 12.1. The summed E-state index contributed by atoms with van der Waals surface area (Å²) in [4.78, 5) is 16.5. The predicted molar refractivity (Wildman–Crippen MR) is 108 cm³/mol. The van der Waals surface area contributed by atoms with Gasteiger partial charge < -0.3 is 9.88 Å². The molecule has 0 saturated heterocycles. The topological polar surface area (TPSA) is 46.9 Å². The lowest BCUT2D eigenvalue weighted by Gasteiger charge is -2.08. The maximum Gasteiger partial charge on any atom is 0.230 e. The molecule has 0 atom stereocenters. The molecule has 26 heavy (non-hydrogen) atoms. The summed E-state index contributed by atoms with van der Waals surface area (Å²) < 4.78 is 1.97. The van der Waals surface area contributed by atoms with Crippen LogP contribution in [0, 0.1) is 0 Å². The minimum absolute atomic E-state index is 0.0639. The standard InChI is InChI=1S/C19H17Cl2N3OS/c1-24-17(13-6-8-15(20)9-7-13)11-23-19(24)26-12-18(25)22-10-14-4-2-3-5-16(14)21/h2-9,11H,10,12H2,1H3,(H,22,25). The Kier molecular flexibility index (Phi) is 6.25. The van der Waals surface area contributed by atoms with Crippen molar-refractivity contribution in [1.29, 1.82) is 0 Å². The summed E-state index contributed by atoms with van der Waals surface area (Å²) in [6.45, 7) is 0.412. The smallest absolute Gasteiger partial charge is 0.230 e. The third-order valence-corrected chi connectivity index (χ3v) is 5.52. The lowest BCUT2D eigenvalue weighted by Crippen LogP contribution is -2.24. The van der Waals surface area contributed by atoms with Gasteiger partial charge in [-0.25, -0.2) is 4.98 Å². The van der Waals surface area contributed by atoms with Gasteiger partial charge >= 0.3 is 0 Å². The molecule has 0 unspecified atom stereocenters. The number of thioether (sulfide) groups is 1. The van der Waals surface area contributed by atoms with Crippen molar-refractivity contribution in [3.05, 3.63) is 70.3 Å². The molecule has 0 radical (unpaired) electrons. The van der Waals surface area contributed by atoms with Crippen LogP contribution in [0.1, 0.15) is 5.56 Å². The molecular weight excluding hydrogens is 389 g/mol. The lowest BCUT2D eigenvalue weighted by molar-refractivity contribution is -0.118. The van der Waals surface area contributed by atoms with Gasteiger partial charge in [0, 0.05) is 23.6 Å². The first-order valence-corrected chi connectivity index (χ1v) is 9.69. The zero-order valence-electron chi connectivity index (χ0n) is 14.1. The van der Waals surface area contributed by atoms with Crippen molar-refractivity contribution >= 4 is 40.9 Å². The van der Waals surface area contributed by atoms with E-state index in [1.165, 1.54) is 11.8 Å². The molecule has 3 rings (SSSR count). The van der Waals surface area contributed by atoms with Crippen LogP contribution in [0.5, 0.6) is 0 Å². The highest BCUT2D eigenvalue weighted by Gasteiger charge is 2.11. The molecule has 134 valence electrons. The molecule has 0 spiro atoms. The first kappa shape index (κ1) is 18.8. The average Bonchev–Trinajstić information content (AvgIpc) is 3.00. The third kappa shape index (κ3) is 4.61. The molecule has 7 heteroatoms. The van der Waals surface area contributed by atoms with Crippen LogP contribution in [0.3, 0.4) is 0 Å². The molecule has 1 amide bonds. The van der Waals surface area contributed by atoms with Crippen molar-refractivity contribution in [3.63, 3.8) is 0 Å². The molecular formula is C19H17Cl2N3OS. The Morgan fingerprint density at radius 2 is 1.88 bits per heavy atom. The van der Waals surface area contributed by atoms with Crippen LogP contribution in [0.4, 0.5) is 0 Å². The van der Waals surface area contributed by atoms with E-state index in [0.29, 0.717) is 16.6 Å². The average molecular weight is 406 g/mol. The quantitative estimate of drug-likeness (QED) is 0.598. The zero-order valence-corrected chi connectivity index (χ0v) is 16.4. The molecule has 0 aliphatic rings. The number of nitrogens with zero attached hydrogens (tertiary/aromatic N) is 2. The van der Waals surface area contributed by atoms with Crippen LogP contribution in [0.2, 0.25) is 10.0 Å². The normalized spacial score (nSPS) is 10.7. The molecule has 0 saturated carbocycles. The van der Waals surface area contributed by atoms with Crippen LogP contribution in [0.25, 0.3) is 11.3 Å². The summed E-state index contributed by atoms with van der Waals surface area (Å²) >= 11 is 13.4. The largest absolute Gasteiger partial charge is 0.351 e. The molecule has 2 aromatic carbocycles. The van der Waals surface area contributed by atoms with Gasteiger partial charge in [-0.05, 0) is 29.3 Å². The number of hydrogen-bond donors (Lipinski definition) is 1. The number of imidazole rings is 1. The van der Waals surface area contributed by atoms with Crippen molar-refractivity contribution in [2.75, 3.05) is 5.75 Å². The van der Waals surface area contributed by atoms with Gasteiger partial charge in [-0.2, -0.15) is 0 Å². The van der Waals surface area contributed by atoms with E-state index in [1.807, 2.05) is 60.1 Å². The number of carbonyl (C=O) groups is 1. The van der Waals surface area contributed by atoms with E-state index in [4.69, 9.17) is 23.2 Å². The number of rotatable bonds is 6. The minimum Gasteiger partial charge on any atom is -0.351 e. The molecule has 1 aromatic heterocycles. The van der Waals surface area contributed by atoms with Crippen molar-refractivity contribution in [2.24, 2.45) is 7.05 Å². The van der Waals surface area contributed by atoms with E-state index in [9.17, 15) is 4.79 Å². The molecule has 0 aliphatic carbocycles. The Morgan fingerprint density at radius 3 is 2.62 bits per heavy atom. The maximum atomic E-state index is 12.1. The highest BCUT2D eigenvalue weighted by molar-refractivity contribution is 7.99. The SMILES string of the molecule is Cn1c(-c2ccc(Cl)cc2)cnc1SCC(=O)NCc1ccccc1Cl. The summed E-state index contributed by atoms with van der Waals surface area (Å²) in [6.07, 6.45) is 1.80. The van der Waals surface area contributed by atoms with E-state index >= 15 is 0 Å². The Balaban J connectivity index is 1.57. The van der Waals surface area contributed by atoms with Gasteiger partial charge in [0.1, 0.15) is 0 Å². The summed E-state index contributed by atoms with van der Waals surface area (Å²) in [6, 6.07) is 15.1. The van der Waals surface area contributed by atoms with Crippen LogP contribution < -0.4 is 5.32 Å². The molecule has 3 aromatic rings. The monoisotopic (exact) mass is 405 g/mol. The van der Waals surface area contributed by atoms with Gasteiger partial charge in [0.15, 0.2) is 5.16 Å². The van der Waals surface area contributed by atoms with Crippen LogP contribution in [-0.4, -0.2) is 21.2 Å². The Labute approximate surface area is 166 Å². The summed E-state index contributed by atoms with van der Waals surface area (Å²) in [5.74, 6) is 0.223. The number of hydrogen-bond acceptors (Lipinski definition) is 3. The second-order valence-electron chi connectivity index (χ2n) is 5.65. The molecule has 0 aliphatic heterocycles. The van der Waals surface area contributed by atoms with E-state index in [0.717, 1.165) is 22.0 Å². The highest BCUT2D eigenvalue weighted by Crippen LogP contribution is 2.25. The Bertz CT molecular complexity index is 909. The second kappa shape index (κ2) is 8.62. The first-order chi connectivity index (χ1) is 12.5. The first-order valence-electron chi connectivity index (χ1n) is 7.95. The van der Waals surface area contributed by atoms with Crippen molar-refractivity contribution in [3.8, 4) is 11.3 Å². The number of amides is 1. The summed E-state index contributed by atoms with van der Waals surface area (Å²) in [7, 11) is 1.93. The van der Waals surface area contributed by atoms with Crippen LogP contribution >= 0.6 is 35.0 Å². The van der Waals surface area contributed by atoms with Crippen LogP contribution in [-0.2, 0) is 18.4 Å². The number of nitrogens with one attached hydrogen (secondary N) is 1. The fourth-order valence-corrected chi connectivity index (χ4v) is 3.54. The number of aromatic nitrogens is 2. The van der Waals surface area contributed by atoms with E-state index in [2.05, 4.69) is 10.3 Å². The van der Waals surface area contributed by atoms with Crippen molar-refractivity contribution in [2.45, 2.75) is 11.7 Å². The van der Waals surface area contributed by atoms with E-state index in [-0.39, 0.29) is 11.7 Å². The van der Waals surface area contributed by atoms with Crippen molar-refractivity contribution in [1.82, 2.24) is 14.9 Å². The molecule has 0 fully saturated rings. The second-order valence-corrected chi connectivity index (χ2v) is 7.43. The number of halogens is 2. The summed E-state index contributed by atoms with van der Waals surface area (Å²) in [5.41, 5.74) is 2.90.